The van der Waals surface area contributed by atoms with E-state index in [0.29, 0.717) is 6.04 Å². The Morgan fingerprint density at radius 1 is 1.29 bits per heavy atom. The van der Waals surface area contributed by atoms with E-state index in [9.17, 15) is 0 Å². The molecule has 1 atom stereocenters. The van der Waals surface area contributed by atoms with Gasteiger partial charge in [-0.2, -0.15) is 0 Å². The molecular weight excluding hydrogens is 210 g/mol. The number of benzene rings is 1. The highest BCUT2D eigenvalue weighted by molar-refractivity contribution is 5.74. The van der Waals surface area contributed by atoms with Gasteiger partial charge in [0.15, 0.2) is 0 Å². The monoisotopic (exact) mass is 231 g/mol. The predicted molar refractivity (Wildman–Crippen MR) is 72.1 cm³/mol. The van der Waals surface area contributed by atoms with Crippen LogP contribution in [-0.2, 0) is 6.54 Å². The molecule has 1 aromatic carbocycles. The average Bonchev–Trinajstić information content (AvgIpc) is 2.74. The molecule has 1 unspecified atom stereocenters. The highest BCUT2D eigenvalue weighted by atomic mass is 15.1. The molecule has 0 saturated heterocycles. The van der Waals surface area contributed by atoms with E-state index in [1.54, 1.807) is 0 Å². The molecule has 17 heavy (non-hydrogen) atoms. The molecule has 1 aromatic heterocycles. The molecule has 0 radical (unpaired) electrons. The summed E-state index contributed by atoms with van der Waals surface area (Å²) in [5, 5.41) is 3.54. The lowest BCUT2D eigenvalue weighted by Crippen LogP contribution is -2.32. The van der Waals surface area contributed by atoms with Crippen LogP contribution in [0.1, 0.15) is 26.7 Å². The molecule has 3 nitrogen and oxygen atoms in total. The Balaban J connectivity index is 2.15. The minimum Gasteiger partial charge on any atom is -0.329 e. The molecular formula is C14H21N3. The highest BCUT2D eigenvalue weighted by Gasteiger charge is 2.09. The third-order valence-corrected chi connectivity index (χ3v) is 3.07. The highest BCUT2D eigenvalue weighted by Crippen LogP contribution is 2.13. The number of hydrogen-bond donors (Lipinski definition) is 1. The third-order valence-electron chi connectivity index (χ3n) is 3.07. The zero-order valence-electron chi connectivity index (χ0n) is 10.7. The van der Waals surface area contributed by atoms with Crippen molar-refractivity contribution in [3.8, 4) is 0 Å². The maximum absolute atomic E-state index is 4.43. The summed E-state index contributed by atoms with van der Waals surface area (Å²) in [5.41, 5.74) is 2.31. The Hall–Kier alpha value is -1.35. The van der Waals surface area contributed by atoms with Crippen LogP contribution in [0.4, 0.5) is 0 Å². The quantitative estimate of drug-likeness (QED) is 0.828. The number of nitrogens with one attached hydrogen (secondary N) is 1. The van der Waals surface area contributed by atoms with Gasteiger partial charge >= 0.3 is 0 Å². The topological polar surface area (TPSA) is 29.9 Å². The first-order valence-corrected chi connectivity index (χ1v) is 6.48. The molecule has 0 fully saturated rings. The fourth-order valence-electron chi connectivity index (χ4n) is 2.29. The maximum atomic E-state index is 4.43. The van der Waals surface area contributed by atoms with Gasteiger partial charge in [-0.1, -0.05) is 32.4 Å². The van der Waals surface area contributed by atoms with Crippen molar-refractivity contribution in [2.24, 2.45) is 0 Å². The number of likely N-dealkylation sites (N-methyl/N-ethyl adjacent to an activating group) is 1. The van der Waals surface area contributed by atoms with E-state index in [4.69, 9.17) is 0 Å². The molecule has 0 spiro atoms. The van der Waals surface area contributed by atoms with Gasteiger partial charge in [0, 0.05) is 12.6 Å². The molecule has 0 saturated carbocycles. The van der Waals surface area contributed by atoms with Gasteiger partial charge in [-0.15, -0.1) is 0 Å². The minimum atomic E-state index is 0.544. The lowest BCUT2D eigenvalue weighted by atomic mass is 10.1. The average molecular weight is 231 g/mol. The lowest BCUT2D eigenvalue weighted by Gasteiger charge is -2.18. The fraction of sp³-hybridized carbons (Fsp3) is 0.500. The molecule has 92 valence electrons. The van der Waals surface area contributed by atoms with Gasteiger partial charge in [-0.25, -0.2) is 4.98 Å². The van der Waals surface area contributed by atoms with Gasteiger partial charge in [-0.3, -0.25) is 0 Å². The second-order valence-electron chi connectivity index (χ2n) is 4.43. The zero-order chi connectivity index (χ0) is 12.1. The minimum absolute atomic E-state index is 0.544. The molecule has 0 aliphatic rings. The molecule has 0 aliphatic carbocycles. The van der Waals surface area contributed by atoms with E-state index < -0.39 is 0 Å². The van der Waals surface area contributed by atoms with Crippen LogP contribution in [-0.4, -0.2) is 22.1 Å². The summed E-state index contributed by atoms with van der Waals surface area (Å²) in [6, 6.07) is 8.85. The number of nitrogens with zero attached hydrogens (tertiary/aromatic N) is 2. The summed E-state index contributed by atoms with van der Waals surface area (Å²) >= 11 is 0. The van der Waals surface area contributed by atoms with Crippen LogP contribution in [0.3, 0.4) is 0 Å². The van der Waals surface area contributed by atoms with Crippen LogP contribution >= 0.6 is 0 Å². The van der Waals surface area contributed by atoms with Crippen LogP contribution in [0.2, 0.25) is 0 Å². The molecule has 2 rings (SSSR count). The Bertz CT molecular complexity index is 455. The Labute approximate surface area is 103 Å². The molecule has 1 N–H and O–H groups in total. The summed E-state index contributed by atoms with van der Waals surface area (Å²) in [5.74, 6) is 0. The van der Waals surface area contributed by atoms with E-state index in [0.717, 1.165) is 18.6 Å². The molecule has 0 bridgehead atoms. The smallest absolute Gasteiger partial charge is 0.0958 e. The molecule has 2 aromatic rings. The van der Waals surface area contributed by atoms with Crippen LogP contribution in [0, 0.1) is 0 Å². The number of aromatic nitrogens is 2. The predicted octanol–water partition coefficient (Wildman–Crippen LogP) is 2.81. The summed E-state index contributed by atoms with van der Waals surface area (Å²) < 4.78 is 2.25. The van der Waals surface area contributed by atoms with Gasteiger partial charge in [0.2, 0.25) is 0 Å². The third kappa shape index (κ3) is 2.86. The van der Waals surface area contributed by atoms with E-state index in [1.807, 2.05) is 12.4 Å². The van der Waals surface area contributed by atoms with E-state index in [1.165, 1.54) is 18.4 Å². The summed E-state index contributed by atoms with van der Waals surface area (Å²) in [4.78, 5) is 4.43. The largest absolute Gasteiger partial charge is 0.329 e. The second-order valence-corrected chi connectivity index (χ2v) is 4.43. The number of fused-ring (bicyclic) bond motifs is 1. The molecule has 1 heterocycles. The Morgan fingerprint density at radius 2 is 2.12 bits per heavy atom. The first kappa shape index (κ1) is 12.1. The second kappa shape index (κ2) is 5.82. The molecule has 0 amide bonds. The van der Waals surface area contributed by atoms with Crippen molar-refractivity contribution in [2.75, 3.05) is 6.54 Å². The number of para-hydroxylation sites is 2. The van der Waals surface area contributed by atoms with Crippen LogP contribution in [0.15, 0.2) is 30.6 Å². The van der Waals surface area contributed by atoms with E-state index in [-0.39, 0.29) is 0 Å². The van der Waals surface area contributed by atoms with Crippen molar-refractivity contribution in [3.63, 3.8) is 0 Å². The maximum Gasteiger partial charge on any atom is 0.0958 e. The van der Waals surface area contributed by atoms with Crippen molar-refractivity contribution in [1.29, 1.82) is 0 Å². The number of hydrogen-bond acceptors (Lipinski definition) is 2. The van der Waals surface area contributed by atoms with Crippen molar-refractivity contribution in [2.45, 2.75) is 39.3 Å². The van der Waals surface area contributed by atoms with Gasteiger partial charge in [0.25, 0.3) is 0 Å². The SMILES string of the molecule is CCCC(Cn1cnc2ccccc21)NCC. The lowest BCUT2D eigenvalue weighted by molar-refractivity contribution is 0.433. The van der Waals surface area contributed by atoms with Crippen molar-refractivity contribution in [3.05, 3.63) is 30.6 Å². The zero-order valence-corrected chi connectivity index (χ0v) is 10.7. The first-order valence-electron chi connectivity index (χ1n) is 6.48. The van der Waals surface area contributed by atoms with Gasteiger partial charge in [0.1, 0.15) is 0 Å². The van der Waals surface area contributed by atoms with Crippen LogP contribution in [0.25, 0.3) is 11.0 Å². The van der Waals surface area contributed by atoms with Crippen LogP contribution < -0.4 is 5.32 Å². The van der Waals surface area contributed by atoms with Gasteiger partial charge in [0.05, 0.1) is 17.4 Å². The summed E-state index contributed by atoms with van der Waals surface area (Å²) in [7, 11) is 0. The van der Waals surface area contributed by atoms with Crippen LogP contribution in [0.5, 0.6) is 0 Å². The van der Waals surface area contributed by atoms with Crippen molar-refractivity contribution >= 4 is 11.0 Å². The fourth-order valence-corrected chi connectivity index (χ4v) is 2.29. The normalized spacial score (nSPS) is 13.1. The Kier molecular flexibility index (Phi) is 4.15. The standard InChI is InChI=1S/C14H21N3/c1-3-7-12(15-4-2)10-17-11-16-13-8-5-6-9-14(13)17/h5-6,8-9,11-12,15H,3-4,7,10H2,1-2H3. The summed E-state index contributed by atoms with van der Waals surface area (Å²) in [6.45, 7) is 6.42. The van der Waals surface area contributed by atoms with Gasteiger partial charge in [-0.05, 0) is 25.1 Å². The molecule has 3 heteroatoms. The molecule has 0 aliphatic heterocycles. The Morgan fingerprint density at radius 3 is 2.88 bits per heavy atom. The van der Waals surface area contributed by atoms with E-state index in [2.05, 4.69) is 46.9 Å². The first-order chi connectivity index (χ1) is 8.35. The van der Waals surface area contributed by atoms with Crippen molar-refractivity contribution < 1.29 is 0 Å². The van der Waals surface area contributed by atoms with Gasteiger partial charge < -0.3 is 9.88 Å². The van der Waals surface area contributed by atoms with Crippen molar-refractivity contribution in [1.82, 2.24) is 14.9 Å². The summed E-state index contributed by atoms with van der Waals surface area (Å²) in [6.07, 6.45) is 4.37. The van der Waals surface area contributed by atoms with E-state index >= 15 is 0 Å². The number of imidazole rings is 1. The number of rotatable bonds is 6.